The quantitative estimate of drug-likeness (QED) is 0.808. The van der Waals surface area contributed by atoms with Crippen LogP contribution in [-0.2, 0) is 9.59 Å². The van der Waals surface area contributed by atoms with Crippen molar-refractivity contribution in [2.45, 2.75) is 49.4 Å². The summed E-state index contributed by atoms with van der Waals surface area (Å²) in [7, 11) is 0. The van der Waals surface area contributed by atoms with E-state index in [0.717, 1.165) is 18.4 Å². The molecule has 1 fully saturated rings. The average molecular weight is 334 g/mol. The van der Waals surface area contributed by atoms with Gasteiger partial charge in [-0.15, -0.1) is 11.6 Å². The summed E-state index contributed by atoms with van der Waals surface area (Å²) in [6, 6.07) is 9.68. The van der Waals surface area contributed by atoms with E-state index in [2.05, 4.69) is 11.4 Å². The number of amides is 2. The van der Waals surface area contributed by atoms with Crippen LogP contribution < -0.4 is 11.1 Å². The number of nitrogens with two attached hydrogens (primary N) is 1. The number of nitrogens with one attached hydrogen (secondary N) is 1. The van der Waals surface area contributed by atoms with Crippen LogP contribution in [0.3, 0.4) is 0 Å². The highest BCUT2D eigenvalue weighted by atomic mass is 35.5. The molecule has 6 heteroatoms. The van der Waals surface area contributed by atoms with Crippen LogP contribution in [0.4, 0.5) is 0 Å². The topological polar surface area (TPSA) is 96.0 Å². The lowest BCUT2D eigenvalue weighted by molar-refractivity contribution is -0.125. The molecule has 0 bridgehead atoms. The molecule has 2 rings (SSSR count). The van der Waals surface area contributed by atoms with E-state index < -0.39 is 5.91 Å². The fraction of sp³-hybridized carbons (Fsp3) is 0.471. The maximum Gasteiger partial charge on any atom is 0.220 e. The lowest BCUT2D eigenvalue weighted by Crippen LogP contribution is -2.44. The van der Waals surface area contributed by atoms with Crippen LogP contribution >= 0.6 is 11.6 Å². The SMILES string of the molecule is N#Cc1ccccc1C1CCC(NC(=O)CCC(N)=O)C(Cl)C1. The van der Waals surface area contributed by atoms with Gasteiger partial charge in [0.1, 0.15) is 0 Å². The van der Waals surface area contributed by atoms with Gasteiger partial charge in [0, 0.05) is 18.9 Å². The minimum atomic E-state index is -0.487. The number of halogens is 1. The second kappa shape index (κ2) is 7.98. The normalized spacial score (nSPS) is 23.7. The van der Waals surface area contributed by atoms with Gasteiger partial charge in [-0.3, -0.25) is 9.59 Å². The summed E-state index contributed by atoms with van der Waals surface area (Å²) in [6.07, 6.45) is 2.46. The molecule has 0 saturated heterocycles. The van der Waals surface area contributed by atoms with E-state index in [1.54, 1.807) is 0 Å². The van der Waals surface area contributed by atoms with Gasteiger partial charge in [0.05, 0.1) is 17.0 Å². The number of hydrogen-bond acceptors (Lipinski definition) is 3. The number of carbonyl (C=O) groups excluding carboxylic acids is 2. The van der Waals surface area contributed by atoms with E-state index in [-0.39, 0.29) is 36.1 Å². The van der Waals surface area contributed by atoms with Gasteiger partial charge in [0.2, 0.25) is 11.8 Å². The molecule has 1 aliphatic carbocycles. The van der Waals surface area contributed by atoms with Crippen molar-refractivity contribution in [2.75, 3.05) is 0 Å². The van der Waals surface area contributed by atoms with Crippen molar-refractivity contribution in [3.63, 3.8) is 0 Å². The number of hydrogen-bond donors (Lipinski definition) is 2. The minimum Gasteiger partial charge on any atom is -0.370 e. The van der Waals surface area contributed by atoms with Gasteiger partial charge >= 0.3 is 0 Å². The molecule has 122 valence electrons. The van der Waals surface area contributed by atoms with Crippen LogP contribution in [0.15, 0.2) is 24.3 Å². The Morgan fingerprint density at radius 2 is 2.04 bits per heavy atom. The summed E-state index contributed by atoms with van der Waals surface area (Å²) in [5, 5.41) is 11.9. The molecule has 3 N–H and O–H groups in total. The minimum absolute atomic E-state index is 0.0453. The Labute approximate surface area is 140 Å². The van der Waals surface area contributed by atoms with Crippen LogP contribution in [0.2, 0.25) is 0 Å². The second-order valence-corrected chi connectivity index (χ2v) is 6.43. The number of rotatable bonds is 5. The summed E-state index contributed by atoms with van der Waals surface area (Å²) in [5.74, 6) is -0.457. The van der Waals surface area contributed by atoms with Gasteiger partial charge in [-0.1, -0.05) is 18.2 Å². The van der Waals surface area contributed by atoms with E-state index in [9.17, 15) is 14.9 Å². The lowest BCUT2D eigenvalue weighted by Gasteiger charge is -2.33. The van der Waals surface area contributed by atoms with Crippen molar-refractivity contribution >= 4 is 23.4 Å². The van der Waals surface area contributed by atoms with Gasteiger partial charge in [-0.05, 0) is 36.8 Å². The average Bonchev–Trinajstić information content (AvgIpc) is 2.54. The van der Waals surface area contributed by atoms with Crippen LogP contribution in [0.5, 0.6) is 0 Å². The highest BCUT2D eigenvalue weighted by Crippen LogP contribution is 2.36. The molecule has 3 unspecified atom stereocenters. The first-order chi connectivity index (χ1) is 11.0. The molecule has 0 radical (unpaired) electrons. The van der Waals surface area contributed by atoms with Gasteiger partial charge in [-0.25, -0.2) is 0 Å². The third-order valence-corrected chi connectivity index (χ3v) is 4.72. The number of nitrogens with zero attached hydrogens (tertiary/aromatic N) is 1. The van der Waals surface area contributed by atoms with Crippen molar-refractivity contribution in [2.24, 2.45) is 5.73 Å². The monoisotopic (exact) mass is 333 g/mol. The molecule has 1 aromatic carbocycles. The highest BCUT2D eigenvalue weighted by molar-refractivity contribution is 6.21. The second-order valence-electron chi connectivity index (χ2n) is 5.87. The van der Waals surface area contributed by atoms with E-state index in [0.29, 0.717) is 12.0 Å². The predicted octanol–water partition coefficient (Wildman–Crippen LogP) is 2.18. The largest absolute Gasteiger partial charge is 0.370 e. The number of alkyl halides is 1. The van der Waals surface area contributed by atoms with Crippen molar-refractivity contribution in [3.8, 4) is 6.07 Å². The fourth-order valence-electron chi connectivity index (χ4n) is 3.03. The molecule has 2 amide bonds. The Kier molecular flexibility index (Phi) is 6.00. The number of carbonyl (C=O) groups is 2. The molecular formula is C17H20ClN3O2. The molecule has 0 aromatic heterocycles. The molecule has 0 aliphatic heterocycles. The van der Waals surface area contributed by atoms with Crippen molar-refractivity contribution in [1.82, 2.24) is 5.32 Å². The Bertz CT molecular complexity index is 627. The van der Waals surface area contributed by atoms with Crippen molar-refractivity contribution < 1.29 is 9.59 Å². The molecule has 0 heterocycles. The zero-order valence-electron chi connectivity index (χ0n) is 12.8. The molecule has 3 atom stereocenters. The summed E-state index contributed by atoms with van der Waals surface area (Å²) in [4.78, 5) is 22.5. The van der Waals surface area contributed by atoms with Gasteiger partial charge < -0.3 is 11.1 Å². The highest BCUT2D eigenvalue weighted by Gasteiger charge is 2.31. The lowest BCUT2D eigenvalue weighted by atomic mass is 9.80. The Morgan fingerprint density at radius 1 is 1.30 bits per heavy atom. The summed E-state index contributed by atoms with van der Waals surface area (Å²) in [6.45, 7) is 0. The zero-order valence-corrected chi connectivity index (χ0v) is 13.6. The molecule has 1 aromatic rings. The number of nitriles is 1. The third kappa shape index (κ3) is 4.70. The Balaban J connectivity index is 1.93. The maximum atomic E-state index is 11.8. The van der Waals surface area contributed by atoms with E-state index >= 15 is 0 Å². The molecule has 1 aliphatic rings. The smallest absolute Gasteiger partial charge is 0.220 e. The van der Waals surface area contributed by atoms with E-state index in [4.69, 9.17) is 17.3 Å². The Morgan fingerprint density at radius 3 is 2.70 bits per heavy atom. The third-order valence-electron chi connectivity index (χ3n) is 4.24. The van der Waals surface area contributed by atoms with E-state index in [1.165, 1.54) is 0 Å². The van der Waals surface area contributed by atoms with Crippen molar-refractivity contribution in [1.29, 1.82) is 5.26 Å². The van der Waals surface area contributed by atoms with Gasteiger partial charge in [-0.2, -0.15) is 5.26 Å². The predicted molar refractivity (Wildman–Crippen MR) is 87.7 cm³/mol. The van der Waals surface area contributed by atoms with Crippen LogP contribution in [-0.4, -0.2) is 23.2 Å². The summed E-state index contributed by atoms with van der Waals surface area (Å²) in [5.41, 5.74) is 6.75. The van der Waals surface area contributed by atoms with Crippen LogP contribution in [0, 0.1) is 11.3 Å². The van der Waals surface area contributed by atoms with Crippen molar-refractivity contribution in [3.05, 3.63) is 35.4 Å². The molecule has 0 spiro atoms. The maximum absolute atomic E-state index is 11.8. The zero-order chi connectivity index (χ0) is 16.8. The van der Waals surface area contributed by atoms with Gasteiger partial charge in [0.15, 0.2) is 0 Å². The van der Waals surface area contributed by atoms with Crippen LogP contribution in [0.1, 0.15) is 49.1 Å². The molecule has 1 saturated carbocycles. The van der Waals surface area contributed by atoms with E-state index in [1.807, 2.05) is 24.3 Å². The standard InChI is InChI=1S/C17H20ClN3O2/c18-14-9-11(13-4-2-1-3-12(13)10-19)5-6-15(14)21-17(23)8-7-16(20)22/h1-4,11,14-15H,5-9H2,(H2,20,22)(H,21,23). The fourth-order valence-corrected chi connectivity index (χ4v) is 3.44. The number of primary amides is 1. The first-order valence-corrected chi connectivity index (χ1v) is 8.15. The van der Waals surface area contributed by atoms with Crippen LogP contribution in [0.25, 0.3) is 0 Å². The first-order valence-electron chi connectivity index (χ1n) is 7.72. The Hall–Kier alpha value is -2.06. The summed E-state index contributed by atoms with van der Waals surface area (Å²) < 4.78 is 0. The summed E-state index contributed by atoms with van der Waals surface area (Å²) >= 11 is 6.44. The number of benzene rings is 1. The molecule has 23 heavy (non-hydrogen) atoms. The van der Waals surface area contributed by atoms with Gasteiger partial charge in [0.25, 0.3) is 0 Å². The molecular weight excluding hydrogens is 314 g/mol. The first kappa shape index (κ1) is 17.3. The molecule has 5 nitrogen and oxygen atoms in total.